The molecule has 0 saturated carbocycles. The lowest BCUT2D eigenvalue weighted by atomic mass is 10.1. The summed E-state index contributed by atoms with van der Waals surface area (Å²) in [6, 6.07) is 9.21. The van der Waals surface area contributed by atoms with Gasteiger partial charge < -0.3 is 10.2 Å². The maximum absolute atomic E-state index is 12.5. The molecule has 0 radical (unpaired) electrons. The lowest BCUT2D eigenvalue weighted by Gasteiger charge is -2.26. The molecule has 0 atom stereocenters. The first-order valence-corrected chi connectivity index (χ1v) is 9.32. The molecule has 0 aliphatic carbocycles. The summed E-state index contributed by atoms with van der Waals surface area (Å²) in [5.41, 5.74) is 2.43. The Bertz CT molecular complexity index is 745. The van der Waals surface area contributed by atoms with Crippen LogP contribution in [0.2, 0.25) is 10.0 Å². The normalized spacial score (nSPS) is 14.4. The fourth-order valence-corrected chi connectivity index (χ4v) is 3.49. The van der Waals surface area contributed by atoms with E-state index in [0.717, 1.165) is 43.6 Å². The molecule has 0 bridgehead atoms. The van der Waals surface area contributed by atoms with Crippen LogP contribution in [0.5, 0.6) is 0 Å². The van der Waals surface area contributed by atoms with Crippen LogP contribution in [0.3, 0.4) is 0 Å². The molecule has 0 spiro atoms. The number of rotatable bonds is 5. The highest BCUT2D eigenvalue weighted by Crippen LogP contribution is 2.21. The Hall–Kier alpha value is -1.78. The van der Waals surface area contributed by atoms with Gasteiger partial charge in [0, 0.05) is 41.6 Å². The highest BCUT2D eigenvalue weighted by molar-refractivity contribution is 6.35. The number of nitrogens with one attached hydrogen (secondary N) is 1. The summed E-state index contributed by atoms with van der Waals surface area (Å²) in [5, 5.41) is 4.64. The molecule has 1 aromatic carbocycles. The van der Waals surface area contributed by atoms with E-state index in [2.05, 4.69) is 10.3 Å². The lowest BCUT2D eigenvalue weighted by molar-refractivity contribution is 0.0718. The molecule has 0 unspecified atom stereocenters. The summed E-state index contributed by atoms with van der Waals surface area (Å²) in [7, 11) is 0. The quantitative estimate of drug-likeness (QED) is 0.823. The fourth-order valence-electron chi connectivity index (χ4n) is 2.98. The Morgan fingerprint density at radius 1 is 1.12 bits per heavy atom. The molecule has 4 nitrogen and oxygen atoms in total. The van der Waals surface area contributed by atoms with Gasteiger partial charge in [0.2, 0.25) is 0 Å². The summed E-state index contributed by atoms with van der Waals surface area (Å²) in [6.45, 7) is 2.36. The van der Waals surface area contributed by atoms with Gasteiger partial charge in [-0.15, -0.1) is 0 Å². The molecule has 1 fully saturated rings. The van der Waals surface area contributed by atoms with Gasteiger partial charge in [0.05, 0.1) is 0 Å². The van der Waals surface area contributed by atoms with Gasteiger partial charge >= 0.3 is 0 Å². The fraction of sp³-hybridized carbons (Fsp3) is 0.368. The number of benzene rings is 1. The van der Waals surface area contributed by atoms with Gasteiger partial charge in [0.25, 0.3) is 5.91 Å². The van der Waals surface area contributed by atoms with Crippen molar-refractivity contribution in [3.63, 3.8) is 0 Å². The van der Waals surface area contributed by atoms with Gasteiger partial charge in [-0.25, -0.2) is 0 Å². The second kappa shape index (κ2) is 8.54. The van der Waals surface area contributed by atoms with Crippen molar-refractivity contribution in [3.8, 4) is 0 Å². The summed E-state index contributed by atoms with van der Waals surface area (Å²) < 4.78 is 0. The highest BCUT2D eigenvalue weighted by atomic mass is 35.5. The van der Waals surface area contributed by atoms with E-state index in [1.54, 1.807) is 12.3 Å². The molecular formula is C19H21Cl2N3O. The number of halogens is 2. The van der Waals surface area contributed by atoms with Crippen LogP contribution < -0.4 is 5.32 Å². The number of carbonyl (C=O) groups is 1. The largest absolute Gasteiger partial charge is 0.385 e. The van der Waals surface area contributed by atoms with E-state index in [0.29, 0.717) is 22.3 Å². The predicted molar refractivity (Wildman–Crippen MR) is 103 cm³/mol. The Balaban J connectivity index is 1.58. The van der Waals surface area contributed by atoms with E-state index in [4.69, 9.17) is 23.2 Å². The topological polar surface area (TPSA) is 45.2 Å². The van der Waals surface area contributed by atoms with Gasteiger partial charge in [-0.2, -0.15) is 0 Å². The third-order valence-corrected chi connectivity index (χ3v) is 4.95. The Labute approximate surface area is 158 Å². The maximum Gasteiger partial charge on any atom is 0.272 e. The van der Waals surface area contributed by atoms with Crippen molar-refractivity contribution in [2.24, 2.45) is 0 Å². The van der Waals surface area contributed by atoms with Gasteiger partial charge in [-0.3, -0.25) is 9.78 Å². The number of hydrogen-bond donors (Lipinski definition) is 1. The average molecular weight is 378 g/mol. The minimum atomic E-state index is 0.0177. The number of piperidine rings is 1. The van der Waals surface area contributed by atoms with Crippen molar-refractivity contribution in [2.45, 2.75) is 25.7 Å². The van der Waals surface area contributed by atoms with Crippen LogP contribution in [0.25, 0.3) is 0 Å². The summed E-state index contributed by atoms with van der Waals surface area (Å²) >= 11 is 12.1. The zero-order chi connectivity index (χ0) is 17.6. The predicted octanol–water partition coefficient (Wildman–Crippen LogP) is 4.67. The number of likely N-dealkylation sites (tertiary alicyclic amines) is 1. The summed E-state index contributed by atoms with van der Waals surface area (Å²) in [4.78, 5) is 18.7. The second-order valence-corrected chi connectivity index (χ2v) is 7.04. The Kier molecular flexibility index (Phi) is 6.16. The average Bonchev–Trinajstić information content (AvgIpc) is 2.64. The smallest absolute Gasteiger partial charge is 0.272 e. The van der Waals surface area contributed by atoms with Gasteiger partial charge in [-0.05, 0) is 55.5 Å². The molecule has 132 valence electrons. The van der Waals surface area contributed by atoms with Crippen molar-refractivity contribution in [3.05, 3.63) is 57.8 Å². The first-order chi connectivity index (χ1) is 12.1. The zero-order valence-corrected chi connectivity index (χ0v) is 15.5. The van der Waals surface area contributed by atoms with Crippen molar-refractivity contribution >= 4 is 34.8 Å². The van der Waals surface area contributed by atoms with Gasteiger partial charge in [0.15, 0.2) is 0 Å². The highest BCUT2D eigenvalue weighted by Gasteiger charge is 2.19. The molecule has 1 aliphatic heterocycles. The van der Waals surface area contributed by atoms with Crippen LogP contribution in [0.4, 0.5) is 5.69 Å². The zero-order valence-electron chi connectivity index (χ0n) is 14.0. The molecule has 3 rings (SSSR count). The molecule has 2 aromatic rings. The van der Waals surface area contributed by atoms with Gasteiger partial charge in [-0.1, -0.05) is 29.3 Å². The first-order valence-electron chi connectivity index (χ1n) is 8.56. The number of aromatic nitrogens is 1. The minimum Gasteiger partial charge on any atom is -0.385 e. The van der Waals surface area contributed by atoms with E-state index in [-0.39, 0.29) is 5.91 Å². The number of pyridine rings is 1. The molecule has 1 aliphatic rings. The molecule has 1 N–H and O–H groups in total. The monoisotopic (exact) mass is 377 g/mol. The number of nitrogens with zero attached hydrogens (tertiary/aromatic N) is 2. The van der Waals surface area contributed by atoms with Crippen molar-refractivity contribution in [1.29, 1.82) is 0 Å². The van der Waals surface area contributed by atoms with Crippen LogP contribution in [-0.2, 0) is 6.42 Å². The van der Waals surface area contributed by atoms with E-state index in [9.17, 15) is 4.79 Å². The van der Waals surface area contributed by atoms with Crippen molar-refractivity contribution in [1.82, 2.24) is 9.88 Å². The van der Waals surface area contributed by atoms with E-state index in [1.165, 1.54) is 6.42 Å². The maximum atomic E-state index is 12.5. The van der Waals surface area contributed by atoms with Crippen LogP contribution in [0.1, 0.15) is 35.3 Å². The van der Waals surface area contributed by atoms with E-state index < -0.39 is 0 Å². The van der Waals surface area contributed by atoms with Crippen LogP contribution >= 0.6 is 23.2 Å². The van der Waals surface area contributed by atoms with Gasteiger partial charge in [0.1, 0.15) is 5.69 Å². The molecule has 1 saturated heterocycles. The van der Waals surface area contributed by atoms with Crippen LogP contribution in [0.15, 0.2) is 36.5 Å². The number of hydrogen-bond acceptors (Lipinski definition) is 3. The number of anilines is 1. The number of amides is 1. The summed E-state index contributed by atoms with van der Waals surface area (Å²) in [6.07, 6.45) is 5.80. The molecule has 1 aromatic heterocycles. The third kappa shape index (κ3) is 4.86. The summed E-state index contributed by atoms with van der Waals surface area (Å²) in [5.74, 6) is 0.0177. The Morgan fingerprint density at radius 2 is 1.92 bits per heavy atom. The van der Waals surface area contributed by atoms with Crippen LogP contribution in [0, 0.1) is 0 Å². The Morgan fingerprint density at radius 3 is 2.68 bits per heavy atom. The minimum absolute atomic E-state index is 0.0177. The molecule has 6 heteroatoms. The van der Waals surface area contributed by atoms with Crippen LogP contribution in [-0.4, -0.2) is 35.4 Å². The van der Waals surface area contributed by atoms with Crippen molar-refractivity contribution < 1.29 is 4.79 Å². The lowest BCUT2D eigenvalue weighted by Crippen LogP contribution is -2.36. The van der Waals surface area contributed by atoms with Crippen molar-refractivity contribution in [2.75, 3.05) is 25.0 Å². The second-order valence-electron chi connectivity index (χ2n) is 6.20. The van der Waals surface area contributed by atoms with E-state index >= 15 is 0 Å². The molecule has 25 heavy (non-hydrogen) atoms. The molecule has 1 amide bonds. The number of carbonyl (C=O) groups excluding carboxylic acids is 1. The standard InChI is InChI=1S/C19H21Cl2N3O/c20-15-5-4-14(17(21)12-15)6-8-22-16-7-9-23-18(13-16)19(25)24-10-2-1-3-11-24/h4-5,7,9,12-13H,1-3,6,8,10-11H2,(H,22,23). The SMILES string of the molecule is O=C(c1cc(NCCc2ccc(Cl)cc2Cl)ccn1)N1CCCCC1. The molecular weight excluding hydrogens is 357 g/mol. The molecule has 2 heterocycles. The van der Waals surface area contributed by atoms with E-state index in [1.807, 2.05) is 29.2 Å². The third-order valence-electron chi connectivity index (χ3n) is 4.36. The first kappa shape index (κ1) is 18.0.